The van der Waals surface area contributed by atoms with E-state index in [0.29, 0.717) is 18.6 Å². The number of hydrogen-bond donors (Lipinski definition) is 1. The Labute approximate surface area is 126 Å². The molecule has 3 fully saturated rings. The molecule has 2 unspecified atom stereocenters. The van der Waals surface area contributed by atoms with Crippen molar-refractivity contribution in [3.8, 4) is 0 Å². The van der Waals surface area contributed by atoms with Gasteiger partial charge in [-0.2, -0.15) is 0 Å². The molecule has 1 N–H and O–H groups in total. The number of carbonyl (C=O) groups is 1. The summed E-state index contributed by atoms with van der Waals surface area (Å²) in [5.74, 6) is 0.719. The quantitative estimate of drug-likeness (QED) is 0.748. The molecule has 3 heterocycles. The fraction of sp³-hybridized carbons (Fsp3) is 0.933. The first-order valence-corrected chi connectivity index (χ1v) is 8.12. The van der Waals surface area contributed by atoms with Crippen LogP contribution in [-0.4, -0.2) is 86.4 Å². The number of rotatable bonds is 2. The molecule has 4 atom stereocenters. The molecule has 6 nitrogen and oxygen atoms in total. The van der Waals surface area contributed by atoms with Gasteiger partial charge in [-0.15, -0.1) is 0 Å². The van der Waals surface area contributed by atoms with E-state index in [0.717, 1.165) is 45.9 Å². The highest BCUT2D eigenvalue weighted by Crippen LogP contribution is 2.24. The summed E-state index contributed by atoms with van der Waals surface area (Å²) in [6.45, 7) is 11.0. The first-order chi connectivity index (χ1) is 10.2. The van der Waals surface area contributed by atoms with Crippen molar-refractivity contribution in [2.45, 2.75) is 32.0 Å². The summed E-state index contributed by atoms with van der Waals surface area (Å²) in [5, 5.41) is 3.30. The molecule has 3 saturated heterocycles. The molecule has 0 aliphatic carbocycles. The van der Waals surface area contributed by atoms with Crippen LogP contribution in [-0.2, 0) is 14.3 Å². The Morgan fingerprint density at radius 1 is 1.14 bits per heavy atom. The van der Waals surface area contributed by atoms with Crippen molar-refractivity contribution in [3.63, 3.8) is 0 Å². The smallest absolute Gasteiger partial charge is 0.242 e. The lowest BCUT2D eigenvalue weighted by molar-refractivity contribution is -0.138. The number of hydrogen-bond acceptors (Lipinski definition) is 5. The van der Waals surface area contributed by atoms with Crippen LogP contribution in [0.5, 0.6) is 0 Å². The first kappa shape index (κ1) is 15.2. The molecule has 0 aromatic rings. The number of nitrogens with one attached hydrogen (secondary N) is 1. The lowest BCUT2D eigenvalue weighted by Gasteiger charge is -2.34. The third-order valence-corrected chi connectivity index (χ3v) is 4.98. The molecule has 3 aliphatic rings. The lowest BCUT2D eigenvalue weighted by atomic mass is 10.0. The van der Waals surface area contributed by atoms with Gasteiger partial charge in [0, 0.05) is 38.8 Å². The number of morpholine rings is 2. The molecule has 3 rings (SSSR count). The predicted octanol–water partition coefficient (Wildman–Crippen LogP) is -0.458. The van der Waals surface area contributed by atoms with E-state index in [4.69, 9.17) is 9.47 Å². The SMILES string of the molecule is CC1CN(C(=O)[C@H]2NCCO[C@@H]2C)CC1N1CCOCC1. The molecule has 0 aromatic carbocycles. The second-order valence-corrected chi connectivity index (χ2v) is 6.44. The maximum Gasteiger partial charge on any atom is 0.242 e. The van der Waals surface area contributed by atoms with Crippen LogP contribution in [0.1, 0.15) is 13.8 Å². The monoisotopic (exact) mass is 297 g/mol. The van der Waals surface area contributed by atoms with Gasteiger partial charge in [-0.25, -0.2) is 0 Å². The minimum absolute atomic E-state index is 0.0380. The minimum atomic E-state index is -0.186. The van der Waals surface area contributed by atoms with Crippen molar-refractivity contribution < 1.29 is 14.3 Å². The van der Waals surface area contributed by atoms with Gasteiger partial charge in [0.15, 0.2) is 0 Å². The van der Waals surface area contributed by atoms with E-state index in [1.54, 1.807) is 0 Å². The van der Waals surface area contributed by atoms with Crippen LogP contribution >= 0.6 is 0 Å². The van der Waals surface area contributed by atoms with Crippen LogP contribution in [0.2, 0.25) is 0 Å². The molecular weight excluding hydrogens is 270 g/mol. The third kappa shape index (κ3) is 3.23. The summed E-state index contributed by atoms with van der Waals surface area (Å²) in [6.07, 6.45) is -0.0380. The van der Waals surface area contributed by atoms with E-state index in [2.05, 4.69) is 17.1 Å². The molecule has 3 aliphatic heterocycles. The largest absolute Gasteiger partial charge is 0.379 e. The molecule has 0 spiro atoms. The van der Waals surface area contributed by atoms with Crippen molar-refractivity contribution in [3.05, 3.63) is 0 Å². The molecule has 0 aromatic heterocycles. The Morgan fingerprint density at radius 2 is 1.90 bits per heavy atom. The van der Waals surface area contributed by atoms with Crippen LogP contribution in [0.3, 0.4) is 0 Å². The number of nitrogens with zero attached hydrogens (tertiary/aromatic N) is 2. The zero-order chi connectivity index (χ0) is 14.8. The van der Waals surface area contributed by atoms with Crippen LogP contribution in [0, 0.1) is 5.92 Å². The highest BCUT2D eigenvalue weighted by Gasteiger charge is 2.40. The van der Waals surface area contributed by atoms with Gasteiger partial charge in [-0.05, 0) is 12.8 Å². The van der Waals surface area contributed by atoms with Crippen molar-refractivity contribution in [1.29, 1.82) is 0 Å². The Hall–Kier alpha value is -0.690. The molecule has 0 saturated carbocycles. The van der Waals surface area contributed by atoms with E-state index < -0.39 is 0 Å². The van der Waals surface area contributed by atoms with E-state index in [-0.39, 0.29) is 18.1 Å². The molecule has 120 valence electrons. The number of amides is 1. The topological polar surface area (TPSA) is 54.0 Å². The van der Waals surface area contributed by atoms with Gasteiger partial charge in [-0.3, -0.25) is 9.69 Å². The van der Waals surface area contributed by atoms with Crippen molar-refractivity contribution in [1.82, 2.24) is 15.1 Å². The van der Waals surface area contributed by atoms with Crippen LogP contribution < -0.4 is 5.32 Å². The van der Waals surface area contributed by atoms with Crippen LogP contribution in [0.4, 0.5) is 0 Å². The Balaban J connectivity index is 1.60. The zero-order valence-corrected chi connectivity index (χ0v) is 13.1. The predicted molar refractivity (Wildman–Crippen MR) is 79.1 cm³/mol. The summed E-state index contributed by atoms with van der Waals surface area (Å²) in [6, 6.07) is 0.284. The van der Waals surface area contributed by atoms with Gasteiger partial charge in [0.25, 0.3) is 0 Å². The zero-order valence-electron chi connectivity index (χ0n) is 13.1. The molecule has 0 bridgehead atoms. The average molecular weight is 297 g/mol. The maximum absolute atomic E-state index is 12.7. The van der Waals surface area contributed by atoms with Crippen molar-refractivity contribution in [2.75, 3.05) is 52.5 Å². The normalized spacial score (nSPS) is 38.7. The summed E-state index contributed by atoms with van der Waals surface area (Å²) in [5.41, 5.74) is 0. The second kappa shape index (κ2) is 6.60. The Bertz CT molecular complexity index is 373. The molecule has 6 heteroatoms. The summed E-state index contributed by atoms with van der Waals surface area (Å²) in [7, 11) is 0. The van der Waals surface area contributed by atoms with Gasteiger partial charge in [0.05, 0.1) is 25.9 Å². The number of carbonyl (C=O) groups excluding carboxylic acids is 1. The van der Waals surface area contributed by atoms with Crippen molar-refractivity contribution in [2.24, 2.45) is 5.92 Å². The Kier molecular flexibility index (Phi) is 4.78. The average Bonchev–Trinajstić information content (AvgIpc) is 2.90. The van der Waals surface area contributed by atoms with Gasteiger partial charge in [0.2, 0.25) is 5.91 Å². The molecule has 21 heavy (non-hydrogen) atoms. The molecule has 1 amide bonds. The fourth-order valence-electron chi connectivity index (χ4n) is 3.72. The van der Waals surface area contributed by atoms with Gasteiger partial charge in [-0.1, -0.05) is 6.92 Å². The van der Waals surface area contributed by atoms with E-state index in [1.165, 1.54) is 0 Å². The molecule has 0 radical (unpaired) electrons. The summed E-state index contributed by atoms with van der Waals surface area (Å²) < 4.78 is 11.0. The van der Waals surface area contributed by atoms with E-state index in [9.17, 15) is 4.79 Å². The summed E-state index contributed by atoms with van der Waals surface area (Å²) in [4.78, 5) is 17.2. The van der Waals surface area contributed by atoms with Crippen LogP contribution in [0.15, 0.2) is 0 Å². The second-order valence-electron chi connectivity index (χ2n) is 6.44. The van der Waals surface area contributed by atoms with Gasteiger partial charge >= 0.3 is 0 Å². The standard InChI is InChI=1S/C15H27N3O3/c1-11-9-18(10-13(11)17-4-7-20-8-5-17)15(19)14-12(2)21-6-3-16-14/h11-14,16H,3-10H2,1-2H3/t11?,12-,13?,14+/m1/s1. The molecular formula is C15H27N3O3. The highest BCUT2D eigenvalue weighted by molar-refractivity contribution is 5.83. The maximum atomic E-state index is 12.7. The van der Waals surface area contributed by atoms with Gasteiger partial charge < -0.3 is 19.7 Å². The fourth-order valence-corrected chi connectivity index (χ4v) is 3.72. The van der Waals surface area contributed by atoms with E-state index >= 15 is 0 Å². The first-order valence-electron chi connectivity index (χ1n) is 8.12. The lowest BCUT2D eigenvalue weighted by Crippen LogP contribution is -2.56. The van der Waals surface area contributed by atoms with Crippen LogP contribution in [0.25, 0.3) is 0 Å². The number of likely N-dealkylation sites (tertiary alicyclic amines) is 1. The number of ether oxygens (including phenoxy) is 2. The summed E-state index contributed by atoms with van der Waals surface area (Å²) >= 11 is 0. The highest BCUT2D eigenvalue weighted by atomic mass is 16.5. The Morgan fingerprint density at radius 3 is 2.62 bits per heavy atom. The minimum Gasteiger partial charge on any atom is -0.379 e. The van der Waals surface area contributed by atoms with Crippen molar-refractivity contribution >= 4 is 5.91 Å². The third-order valence-electron chi connectivity index (χ3n) is 4.98. The van der Waals surface area contributed by atoms with E-state index in [1.807, 2.05) is 11.8 Å². The van der Waals surface area contributed by atoms with Gasteiger partial charge in [0.1, 0.15) is 6.04 Å².